The fraction of sp³-hybridized carbons (Fsp3) is 0.190. The number of benzene rings is 2. The number of esters is 1. The summed E-state index contributed by atoms with van der Waals surface area (Å²) in [5.74, 6) is -0.215. The van der Waals surface area contributed by atoms with E-state index in [2.05, 4.69) is 10.1 Å². The molecule has 0 aliphatic carbocycles. The SMILES string of the molecule is CCOc1cc(/C=C(\C#N)C(=O)Nc2ccc(C(=O)OC)cc2)c(Cl)cc1OC. The Kier molecular flexibility index (Phi) is 7.63. The molecule has 7 nitrogen and oxygen atoms in total. The maximum Gasteiger partial charge on any atom is 0.337 e. The molecule has 1 amide bonds. The van der Waals surface area contributed by atoms with Crippen LogP contribution in [0.5, 0.6) is 11.5 Å². The van der Waals surface area contributed by atoms with Gasteiger partial charge in [0.25, 0.3) is 5.91 Å². The molecule has 1 N–H and O–H groups in total. The zero-order valence-electron chi connectivity index (χ0n) is 16.1. The van der Waals surface area contributed by atoms with Gasteiger partial charge in [-0.1, -0.05) is 11.6 Å². The van der Waals surface area contributed by atoms with Crippen LogP contribution >= 0.6 is 11.6 Å². The highest BCUT2D eigenvalue weighted by Gasteiger charge is 2.14. The zero-order valence-corrected chi connectivity index (χ0v) is 16.9. The Labute approximate surface area is 173 Å². The Hall–Kier alpha value is -3.50. The van der Waals surface area contributed by atoms with Gasteiger partial charge in [0.05, 0.1) is 31.4 Å². The fourth-order valence-corrected chi connectivity index (χ4v) is 2.61. The number of nitrogens with one attached hydrogen (secondary N) is 1. The van der Waals surface area contributed by atoms with Gasteiger partial charge in [0, 0.05) is 11.8 Å². The number of nitrogens with zero attached hydrogens (tertiary/aromatic N) is 1. The summed E-state index contributed by atoms with van der Waals surface area (Å²) in [4.78, 5) is 23.9. The van der Waals surface area contributed by atoms with Gasteiger partial charge < -0.3 is 19.5 Å². The third-order valence-corrected chi connectivity index (χ3v) is 4.14. The van der Waals surface area contributed by atoms with Crippen molar-refractivity contribution in [2.75, 3.05) is 26.1 Å². The smallest absolute Gasteiger partial charge is 0.337 e. The molecule has 0 saturated carbocycles. The maximum absolute atomic E-state index is 12.5. The number of rotatable bonds is 7. The Morgan fingerprint density at radius 1 is 1.17 bits per heavy atom. The predicted molar refractivity (Wildman–Crippen MR) is 109 cm³/mol. The average molecular weight is 415 g/mol. The Morgan fingerprint density at radius 2 is 1.86 bits per heavy atom. The van der Waals surface area contributed by atoms with E-state index in [0.717, 1.165) is 0 Å². The van der Waals surface area contributed by atoms with E-state index in [0.29, 0.717) is 39.9 Å². The Balaban J connectivity index is 2.27. The highest BCUT2D eigenvalue weighted by atomic mass is 35.5. The fourth-order valence-electron chi connectivity index (χ4n) is 2.40. The number of hydrogen-bond acceptors (Lipinski definition) is 6. The minimum Gasteiger partial charge on any atom is -0.493 e. The monoisotopic (exact) mass is 414 g/mol. The first-order valence-corrected chi connectivity index (χ1v) is 8.93. The van der Waals surface area contributed by atoms with E-state index < -0.39 is 11.9 Å². The van der Waals surface area contributed by atoms with Crippen molar-refractivity contribution >= 4 is 35.2 Å². The van der Waals surface area contributed by atoms with Crippen LogP contribution in [0.25, 0.3) is 6.08 Å². The second-order valence-electron chi connectivity index (χ2n) is 5.65. The van der Waals surface area contributed by atoms with Crippen LogP contribution in [-0.2, 0) is 9.53 Å². The van der Waals surface area contributed by atoms with Crippen molar-refractivity contribution in [1.29, 1.82) is 5.26 Å². The minimum atomic E-state index is -0.622. The van der Waals surface area contributed by atoms with Crippen LogP contribution in [0, 0.1) is 11.3 Å². The number of nitriles is 1. The topological polar surface area (TPSA) is 97.7 Å². The van der Waals surface area contributed by atoms with Crippen LogP contribution < -0.4 is 14.8 Å². The lowest BCUT2D eigenvalue weighted by Gasteiger charge is -2.11. The molecular formula is C21H19ClN2O5. The standard InChI is InChI=1S/C21H19ClN2O5/c1-4-29-19-10-14(17(22)11-18(19)27-2)9-15(12-23)20(25)24-16-7-5-13(6-8-16)21(26)28-3/h5-11H,4H2,1-3H3,(H,24,25)/b15-9+. The quantitative estimate of drug-likeness (QED) is 0.416. The molecule has 2 aromatic rings. The van der Waals surface area contributed by atoms with Crippen LogP contribution in [0.15, 0.2) is 42.0 Å². The largest absolute Gasteiger partial charge is 0.493 e. The zero-order chi connectivity index (χ0) is 21.4. The second kappa shape index (κ2) is 10.2. The molecule has 2 rings (SSSR count). The normalized spacial score (nSPS) is 10.7. The highest BCUT2D eigenvalue weighted by Crippen LogP contribution is 2.34. The third-order valence-electron chi connectivity index (χ3n) is 3.81. The van der Waals surface area contributed by atoms with Crippen molar-refractivity contribution in [1.82, 2.24) is 0 Å². The minimum absolute atomic E-state index is 0.156. The number of methoxy groups -OCH3 is 2. The van der Waals surface area contributed by atoms with Gasteiger partial charge >= 0.3 is 5.97 Å². The number of amides is 1. The lowest BCUT2D eigenvalue weighted by molar-refractivity contribution is -0.112. The first-order valence-electron chi connectivity index (χ1n) is 8.55. The van der Waals surface area contributed by atoms with Crippen LogP contribution in [-0.4, -0.2) is 32.7 Å². The molecule has 0 unspecified atom stereocenters. The van der Waals surface area contributed by atoms with Gasteiger partial charge in [-0.05, 0) is 48.9 Å². The molecular weight excluding hydrogens is 396 g/mol. The number of carbonyl (C=O) groups excluding carboxylic acids is 2. The van der Waals surface area contributed by atoms with E-state index in [-0.39, 0.29) is 5.57 Å². The summed E-state index contributed by atoms with van der Waals surface area (Å²) in [6, 6.07) is 11.1. The van der Waals surface area contributed by atoms with Gasteiger partial charge in [0.1, 0.15) is 11.6 Å². The molecule has 0 aromatic heterocycles. The Morgan fingerprint density at radius 3 is 2.41 bits per heavy atom. The maximum atomic E-state index is 12.5. The van der Waals surface area contributed by atoms with Gasteiger partial charge in [-0.25, -0.2) is 4.79 Å². The van der Waals surface area contributed by atoms with Gasteiger partial charge in [-0.15, -0.1) is 0 Å². The van der Waals surface area contributed by atoms with E-state index in [1.165, 1.54) is 44.6 Å². The molecule has 0 atom stereocenters. The van der Waals surface area contributed by atoms with E-state index >= 15 is 0 Å². The number of hydrogen-bond donors (Lipinski definition) is 1. The van der Waals surface area contributed by atoms with E-state index in [4.69, 9.17) is 21.1 Å². The van der Waals surface area contributed by atoms with Gasteiger partial charge in [-0.3, -0.25) is 4.79 Å². The molecule has 0 radical (unpaired) electrons. The first-order chi connectivity index (χ1) is 13.9. The predicted octanol–water partition coefficient (Wildman–Crippen LogP) is 4.08. The van der Waals surface area contributed by atoms with Crippen molar-refractivity contribution in [3.63, 3.8) is 0 Å². The molecule has 8 heteroatoms. The Bertz CT molecular complexity index is 978. The number of halogens is 1. The van der Waals surface area contributed by atoms with Crippen molar-refractivity contribution in [2.45, 2.75) is 6.92 Å². The van der Waals surface area contributed by atoms with E-state index in [9.17, 15) is 14.9 Å². The lowest BCUT2D eigenvalue weighted by Crippen LogP contribution is -2.13. The van der Waals surface area contributed by atoms with Crippen molar-refractivity contribution in [3.8, 4) is 17.6 Å². The molecule has 0 aliphatic rings. The number of carbonyl (C=O) groups is 2. The average Bonchev–Trinajstić information content (AvgIpc) is 2.73. The summed E-state index contributed by atoms with van der Waals surface area (Å²) < 4.78 is 15.3. The molecule has 0 fully saturated rings. The van der Waals surface area contributed by atoms with Crippen molar-refractivity contribution in [3.05, 3.63) is 58.1 Å². The molecule has 29 heavy (non-hydrogen) atoms. The number of ether oxygens (including phenoxy) is 3. The van der Waals surface area contributed by atoms with Crippen LogP contribution in [0.3, 0.4) is 0 Å². The summed E-state index contributed by atoms with van der Waals surface area (Å²) in [7, 11) is 2.77. The van der Waals surface area contributed by atoms with Crippen LogP contribution in [0.2, 0.25) is 5.02 Å². The summed E-state index contributed by atoms with van der Waals surface area (Å²) in [5.41, 5.74) is 1.04. The molecule has 150 valence electrons. The summed E-state index contributed by atoms with van der Waals surface area (Å²) in [5, 5.41) is 12.3. The van der Waals surface area contributed by atoms with Crippen molar-refractivity contribution in [2.24, 2.45) is 0 Å². The molecule has 2 aromatic carbocycles. The van der Waals surface area contributed by atoms with Crippen molar-refractivity contribution < 1.29 is 23.8 Å². The number of anilines is 1. The molecule has 0 saturated heterocycles. The molecule has 0 heterocycles. The third kappa shape index (κ3) is 5.50. The van der Waals surface area contributed by atoms with Crippen LogP contribution in [0.1, 0.15) is 22.8 Å². The van der Waals surface area contributed by atoms with Gasteiger partial charge in [0.15, 0.2) is 11.5 Å². The van der Waals surface area contributed by atoms with Gasteiger partial charge in [-0.2, -0.15) is 5.26 Å². The summed E-state index contributed by atoms with van der Waals surface area (Å²) in [6.07, 6.45) is 1.36. The summed E-state index contributed by atoms with van der Waals surface area (Å²) in [6.45, 7) is 2.23. The molecule has 0 bridgehead atoms. The highest BCUT2D eigenvalue weighted by molar-refractivity contribution is 6.32. The summed E-state index contributed by atoms with van der Waals surface area (Å²) >= 11 is 6.24. The van der Waals surface area contributed by atoms with E-state index in [1.807, 2.05) is 13.0 Å². The molecule has 0 spiro atoms. The molecule has 0 aliphatic heterocycles. The van der Waals surface area contributed by atoms with Gasteiger partial charge in [0.2, 0.25) is 0 Å². The lowest BCUT2D eigenvalue weighted by atomic mass is 10.1. The second-order valence-corrected chi connectivity index (χ2v) is 6.06. The van der Waals surface area contributed by atoms with Crippen LogP contribution in [0.4, 0.5) is 5.69 Å². The van der Waals surface area contributed by atoms with E-state index in [1.54, 1.807) is 12.1 Å². The first kappa shape index (κ1) is 21.8.